The van der Waals surface area contributed by atoms with Gasteiger partial charge in [0.15, 0.2) is 0 Å². The zero-order valence-electron chi connectivity index (χ0n) is 9.82. The van der Waals surface area contributed by atoms with Gasteiger partial charge in [-0.15, -0.1) is 11.3 Å². The van der Waals surface area contributed by atoms with Crippen LogP contribution in [-0.4, -0.2) is 30.8 Å². The summed E-state index contributed by atoms with van der Waals surface area (Å²) >= 11 is 1.70. The number of hydrogen-bond acceptors (Lipinski definition) is 5. The van der Waals surface area contributed by atoms with Gasteiger partial charge in [0.1, 0.15) is 0 Å². The smallest absolute Gasteiger partial charge is 0.0798 e. The number of nitrogens with one attached hydrogen (secondary N) is 1. The van der Waals surface area contributed by atoms with Gasteiger partial charge >= 0.3 is 0 Å². The third-order valence-corrected chi connectivity index (χ3v) is 4.22. The minimum Gasteiger partial charge on any atom is -0.379 e. The number of ether oxygens (including phenoxy) is 1. The summed E-state index contributed by atoms with van der Waals surface area (Å²) in [6.07, 6.45) is 0. The highest BCUT2D eigenvalue weighted by Crippen LogP contribution is 2.26. The van der Waals surface area contributed by atoms with Crippen molar-refractivity contribution in [1.29, 1.82) is 0 Å². The van der Waals surface area contributed by atoms with Crippen molar-refractivity contribution in [1.82, 2.24) is 10.3 Å². The van der Waals surface area contributed by atoms with Crippen LogP contribution in [0.4, 0.5) is 0 Å². The van der Waals surface area contributed by atoms with E-state index in [0.29, 0.717) is 6.61 Å². The van der Waals surface area contributed by atoms with E-state index in [1.807, 2.05) is 12.4 Å². The first-order chi connectivity index (χ1) is 7.62. The summed E-state index contributed by atoms with van der Waals surface area (Å²) in [5, 5.41) is 3.45. The first-order valence-electron chi connectivity index (χ1n) is 5.55. The van der Waals surface area contributed by atoms with Crippen LogP contribution in [0, 0.1) is 12.3 Å². The van der Waals surface area contributed by atoms with Crippen LogP contribution >= 0.6 is 11.3 Å². The second kappa shape index (κ2) is 4.79. The van der Waals surface area contributed by atoms with Crippen molar-refractivity contribution in [2.75, 3.05) is 19.8 Å². The average Bonchev–Trinajstić information content (AvgIpc) is 2.77. The highest BCUT2D eigenvalue weighted by molar-refractivity contribution is 7.09. The van der Waals surface area contributed by atoms with Crippen LogP contribution in [0.5, 0.6) is 0 Å². The maximum Gasteiger partial charge on any atom is 0.0798 e. The number of thiazole rings is 1. The Hall–Kier alpha value is -0.490. The van der Waals surface area contributed by atoms with E-state index in [1.54, 1.807) is 11.3 Å². The van der Waals surface area contributed by atoms with Gasteiger partial charge < -0.3 is 15.8 Å². The minimum atomic E-state index is 0.0680. The molecule has 1 fully saturated rings. The number of aromatic nitrogens is 1. The fourth-order valence-electron chi connectivity index (χ4n) is 1.87. The zero-order chi connectivity index (χ0) is 11.6. The van der Waals surface area contributed by atoms with Gasteiger partial charge in [0, 0.05) is 29.4 Å². The largest absolute Gasteiger partial charge is 0.379 e. The van der Waals surface area contributed by atoms with Crippen molar-refractivity contribution in [3.8, 4) is 0 Å². The molecule has 1 aliphatic heterocycles. The van der Waals surface area contributed by atoms with Crippen LogP contribution in [0.15, 0.2) is 5.51 Å². The van der Waals surface area contributed by atoms with E-state index in [-0.39, 0.29) is 11.5 Å². The summed E-state index contributed by atoms with van der Waals surface area (Å²) in [4.78, 5) is 5.53. The molecule has 0 saturated carbocycles. The van der Waals surface area contributed by atoms with E-state index in [0.717, 1.165) is 25.4 Å². The normalized spacial score (nSPS) is 29.8. The molecule has 0 spiro atoms. The highest BCUT2D eigenvalue weighted by Gasteiger charge is 2.37. The molecule has 0 bridgehead atoms. The predicted molar refractivity (Wildman–Crippen MR) is 65.5 cm³/mol. The van der Waals surface area contributed by atoms with Gasteiger partial charge in [0.2, 0.25) is 0 Å². The Labute approximate surface area is 100 Å². The molecule has 1 aromatic heterocycles. The van der Waals surface area contributed by atoms with Crippen LogP contribution in [0.1, 0.15) is 17.5 Å². The standard InChI is InChI=1S/C11H19N3OS/c1-8-9(16-7-14-8)3-13-5-11(2)6-15-4-10(11)12/h7,10,13H,3-6,12H2,1-2H3. The quantitative estimate of drug-likeness (QED) is 0.822. The molecule has 2 atom stereocenters. The molecular weight excluding hydrogens is 222 g/mol. The summed E-state index contributed by atoms with van der Waals surface area (Å²) in [5.74, 6) is 0. The van der Waals surface area contributed by atoms with Crippen molar-refractivity contribution in [3.63, 3.8) is 0 Å². The van der Waals surface area contributed by atoms with Gasteiger partial charge in [0.05, 0.1) is 24.4 Å². The summed E-state index contributed by atoms with van der Waals surface area (Å²) in [5.41, 5.74) is 9.10. The minimum absolute atomic E-state index is 0.0680. The Morgan fingerprint density at radius 1 is 1.75 bits per heavy atom. The number of rotatable bonds is 4. The number of hydrogen-bond donors (Lipinski definition) is 2. The molecule has 3 N–H and O–H groups in total. The van der Waals surface area contributed by atoms with Crippen molar-refractivity contribution >= 4 is 11.3 Å². The Morgan fingerprint density at radius 2 is 2.56 bits per heavy atom. The van der Waals surface area contributed by atoms with Crippen LogP contribution in [0.3, 0.4) is 0 Å². The molecule has 0 amide bonds. The maximum atomic E-state index is 6.03. The second-order valence-electron chi connectivity index (χ2n) is 4.74. The third kappa shape index (κ3) is 2.43. The molecular formula is C11H19N3OS. The van der Waals surface area contributed by atoms with Crippen LogP contribution in [0.2, 0.25) is 0 Å². The zero-order valence-corrected chi connectivity index (χ0v) is 10.6. The number of aryl methyl sites for hydroxylation is 1. The molecule has 16 heavy (non-hydrogen) atoms. The van der Waals surface area contributed by atoms with Gasteiger partial charge in [-0.3, -0.25) is 0 Å². The first kappa shape index (κ1) is 12.0. The molecule has 4 nitrogen and oxygen atoms in total. The molecule has 90 valence electrons. The van der Waals surface area contributed by atoms with E-state index >= 15 is 0 Å². The molecule has 0 aromatic carbocycles. The lowest BCUT2D eigenvalue weighted by Crippen LogP contribution is -2.45. The van der Waals surface area contributed by atoms with E-state index in [4.69, 9.17) is 10.5 Å². The SMILES string of the molecule is Cc1ncsc1CNCC1(C)COCC1N. The van der Waals surface area contributed by atoms with Gasteiger partial charge in [-0.05, 0) is 6.92 Å². The lowest BCUT2D eigenvalue weighted by molar-refractivity contribution is 0.158. The second-order valence-corrected chi connectivity index (χ2v) is 5.68. The third-order valence-electron chi connectivity index (χ3n) is 3.28. The van der Waals surface area contributed by atoms with E-state index in [2.05, 4.69) is 17.2 Å². The van der Waals surface area contributed by atoms with Gasteiger partial charge in [-0.2, -0.15) is 0 Å². The Balaban J connectivity index is 1.82. The molecule has 5 heteroatoms. The summed E-state index contributed by atoms with van der Waals surface area (Å²) < 4.78 is 5.41. The van der Waals surface area contributed by atoms with E-state index in [9.17, 15) is 0 Å². The number of nitrogens with zero attached hydrogens (tertiary/aromatic N) is 1. The fourth-order valence-corrected chi connectivity index (χ4v) is 2.61. The monoisotopic (exact) mass is 241 g/mol. The lowest BCUT2D eigenvalue weighted by Gasteiger charge is -2.27. The van der Waals surface area contributed by atoms with E-state index < -0.39 is 0 Å². The highest BCUT2D eigenvalue weighted by atomic mass is 32.1. The predicted octanol–water partition coefficient (Wildman–Crippen LogP) is 0.905. The Kier molecular flexibility index (Phi) is 3.59. The molecule has 2 unspecified atom stereocenters. The van der Waals surface area contributed by atoms with Crippen molar-refractivity contribution in [2.24, 2.45) is 11.1 Å². The van der Waals surface area contributed by atoms with Gasteiger partial charge in [-0.1, -0.05) is 6.92 Å². The summed E-state index contributed by atoms with van der Waals surface area (Å²) in [6, 6.07) is 0.141. The molecule has 1 saturated heterocycles. The Bertz CT molecular complexity index is 355. The molecule has 0 aliphatic carbocycles. The molecule has 0 radical (unpaired) electrons. The maximum absolute atomic E-state index is 6.03. The Morgan fingerprint density at radius 3 is 3.12 bits per heavy atom. The first-order valence-corrected chi connectivity index (χ1v) is 6.43. The van der Waals surface area contributed by atoms with Crippen molar-refractivity contribution in [2.45, 2.75) is 26.4 Å². The van der Waals surface area contributed by atoms with E-state index in [1.165, 1.54) is 4.88 Å². The van der Waals surface area contributed by atoms with Crippen molar-refractivity contribution in [3.05, 3.63) is 16.1 Å². The molecule has 2 heterocycles. The summed E-state index contributed by atoms with van der Waals surface area (Å²) in [7, 11) is 0. The van der Waals surface area contributed by atoms with Crippen molar-refractivity contribution < 1.29 is 4.74 Å². The summed E-state index contributed by atoms with van der Waals surface area (Å²) in [6.45, 7) is 7.42. The molecule has 1 aliphatic rings. The number of nitrogens with two attached hydrogens (primary N) is 1. The molecule has 1 aromatic rings. The van der Waals surface area contributed by atoms with Crippen LogP contribution in [-0.2, 0) is 11.3 Å². The fraction of sp³-hybridized carbons (Fsp3) is 0.727. The van der Waals surface area contributed by atoms with Gasteiger partial charge in [-0.25, -0.2) is 4.98 Å². The lowest BCUT2D eigenvalue weighted by atomic mass is 9.86. The topological polar surface area (TPSA) is 60.2 Å². The van der Waals surface area contributed by atoms with Gasteiger partial charge in [0.25, 0.3) is 0 Å². The molecule has 2 rings (SSSR count). The van der Waals surface area contributed by atoms with Crippen LogP contribution < -0.4 is 11.1 Å². The van der Waals surface area contributed by atoms with Crippen LogP contribution in [0.25, 0.3) is 0 Å². The average molecular weight is 241 g/mol.